The molecule has 0 aliphatic rings. The van der Waals surface area contributed by atoms with E-state index in [-0.39, 0.29) is 12.9 Å². The van der Waals surface area contributed by atoms with Crippen LogP contribution in [0.5, 0.6) is 0 Å². The van der Waals surface area contributed by atoms with E-state index in [9.17, 15) is 19.2 Å². The van der Waals surface area contributed by atoms with Gasteiger partial charge in [0.1, 0.15) is 0 Å². The van der Waals surface area contributed by atoms with Gasteiger partial charge in [-0.2, -0.15) is 0 Å². The van der Waals surface area contributed by atoms with Crippen LogP contribution in [0.15, 0.2) is 0 Å². The molecule has 0 aliphatic carbocycles. The van der Waals surface area contributed by atoms with E-state index >= 15 is 0 Å². The van der Waals surface area contributed by atoms with E-state index in [1.54, 1.807) is 0 Å². The van der Waals surface area contributed by atoms with Gasteiger partial charge in [0.25, 0.3) is 12.9 Å². The zero-order valence-corrected chi connectivity index (χ0v) is 6.65. The third-order valence-corrected chi connectivity index (χ3v) is 1.17. The molecule has 0 amide bonds. The second-order valence-electron chi connectivity index (χ2n) is 1.98. The van der Waals surface area contributed by atoms with Gasteiger partial charge in [0.2, 0.25) is 12.2 Å². The molecule has 0 heterocycles. The summed E-state index contributed by atoms with van der Waals surface area (Å²) < 4.78 is 7.87. The van der Waals surface area contributed by atoms with Crippen LogP contribution in [0.4, 0.5) is 0 Å². The van der Waals surface area contributed by atoms with Crippen molar-refractivity contribution in [2.75, 3.05) is 0 Å². The molecule has 0 aromatic carbocycles. The van der Waals surface area contributed by atoms with Gasteiger partial charge in [-0.1, -0.05) is 0 Å². The van der Waals surface area contributed by atoms with E-state index in [4.69, 9.17) is 10.2 Å². The van der Waals surface area contributed by atoms with Gasteiger partial charge >= 0.3 is 11.9 Å². The van der Waals surface area contributed by atoms with Crippen LogP contribution in [0.2, 0.25) is 0 Å². The van der Waals surface area contributed by atoms with Crippen molar-refractivity contribution in [1.82, 2.24) is 0 Å². The molecule has 14 heavy (non-hydrogen) atoms. The maximum atomic E-state index is 10.4. The Morgan fingerprint density at radius 3 is 1.36 bits per heavy atom. The number of ether oxygens (including phenoxy) is 2. The molecule has 0 radical (unpaired) electrons. The molecule has 0 unspecified atom stereocenters. The average Bonchev–Trinajstić information content (AvgIpc) is 2.10. The van der Waals surface area contributed by atoms with Crippen LogP contribution >= 0.6 is 0 Å². The summed E-state index contributed by atoms with van der Waals surface area (Å²) in [5, 5.41) is 16.8. The zero-order chi connectivity index (χ0) is 11.1. The number of hydrogen-bond acceptors (Lipinski definition) is 6. The molecule has 8 nitrogen and oxygen atoms in total. The van der Waals surface area contributed by atoms with Gasteiger partial charge in [-0.25, -0.2) is 9.59 Å². The van der Waals surface area contributed by atoms with Crippen molar-refractivity contribution in [1.29, 1.82) is 0 Å². The molecule has 0 spiro atoms. The second-order valence-corrected chi connectivity index (χ2v) is 1.98. The number of carboxylic acids is 2. The van der Waals surface area contributed by atoms with Gasteiger partial charge in [0.05, 0.1) is 0 Å². The molecule has 0 aromatic heterocycles. The average molecular weight is 206 g/mol. The van der Waals surface area contributed by atoms with E-state index in [2.05, 4.69) is 9.47 Å². The fraction of sp³-hybridized carbons (Fsp3) is 0.333. The maximum Gasteiger partial charge on any atom is 0.349 e. The van der Waals surface area contributed by atoms with Crippen LogP contribution in [0, 0.1) is 0 Å². The van der Waals surface area contributed by atoms with Crippen molar-refractivity contribution in [3.63, 3.8) is 0 Å². The summed E-state index contributed by atoms with van der Waals surface area (Å²) in [7, 11) is 0. The standard InChI is InChI=1S/C6H6O8/c7-1-13-3(5(9)10)4(6(11)12)14-2-8/h1-4H,(H,9,10)(H,11,12)/t3-,4-/m1/s1. The highest BCUT2D eigenvalue weighted by molar-refractivity contribution is 5.85. The molecule has 0 aromatic rings. The van der Waals surface area contributed by atoms with Gasteiger partial charge in [-0.15, -0.1) is 0 Å². The molecule has 0 aliphatic heterocycles. The Labute approximate surface area is 77.0 Å². The van der Waals surface area contributed by atoms with Crippen LogP contribution in [-0.4, -0.2) is 47.3 Å². The number of carbonyl (C=O) groups is 4. The van der Waals surface area contributed by atoms with Gasteiger partial charge in [0.15, 0.2) is 0 Å². The van der Waals surface area contributed by atoms with Gasteiger partial charge in [-0.05, 0) is 0 Å². The van der Waals surface area contributed by atoms with Crippen LogP contribution in [0.3, 0.4) is 0 Å². The minimum Gasteiger partial charge on any atom is -0.478 e. The van der Waals surface area contributed by atoms with Crippen LogP contribution in [0.25, 0.3) is 0 Å². The monoisotopic (exact) mass is 206 g/mol. The first-order valence-electron chi connectivity index (χ1n) is 3.18. The first kappa shape index (κ1) is 11.9. The summed E-state index contributed by atoms with van der Waals surface area (Å²) in [4.78, 5) is 40.4. The lowest BCUT2D eigenvalue weighted by Gasteiger charge is -2.16. The lowest BCUT2D eigenvalue weighted by atomic mass is 10.2. The van der Waals surface area contributed by atoms with Crippen LogP contribution in [-0.2, 0) is 28.7 Å². The normalized spacial score (nSPS) is 13.4. The summed E-state index contributed by atoms with van der Waals surface area (Å²) in [5.74, 6) is -3.46. The highest BCUT2D eigenvalue weighted by atomic mass is 16.6. The summed E-state index contributed by atoms with van der Waals surface area (Å²) in [5.41, 5.74) is 0. The molecule has 0 saturated heterocycles. The molecule has 78 valence electrons. The molecule has 0 fully saturated rings. The fourth-order valence-corrected chi connectivity index (χ4v) is 0.638. The third kappa shape index (κ3) is 3.09. The minimum absolute atomic E-state index is 0.247. The Morgan fingerprint density at radius 1 is 0.929 bits per heavy atom. The summed E-state index contributed by atoms with van der Waals surface area (Å²) in [6.07, 6.45) is -4.12. The van der Waals surface area contributed by atoms with Crippen molar-refractivity contribution in [2.45, 2.75) is 12.2 Å². The van der Waals surface area contributed by atoms with Crippen molar-refractivity contribution in [3.8, 4) is 0 Å². The lowest BCUT2D eigenvalue weighted by molar-refractivity contribution is -0.178. The van der Waals surface area contributed by atoms with Crippen molar-refractivity contribution in [2.24, 2.45) is 0 Å². The Balaban J connectivity index is 4.70. The van der Waals surface area contributed by atoms with Gasteiger partial charge in [-0.3, -0.25) is 9.59 Å². The predicted molar refractivity (Wildman–Crippen MR) is 37.1 cm³/mol. The Hall–Kier alpha value is -2.12. The Morgan fingerprint density at radius 2 is 1.21 bits per heavy atom. The van der Waals surface area contributed by atoms with E-state index in [0.717, 1.165) is 0 Å². The van der Waals surface area contributed by atoms with Crippen molar-refractivity contribution < 1.29 is 38.9 Å². The largest absolute Gasteiger partial charge is 0.478 e. The fourth-order valence-electron chi connectivity index (χ4n) is 0.638. The highest BCUT2D eigenvalue weighted by Gasteiger charge is 2.37. The van der Waals surface area contributed by atoms with E-state index < -0.39 is 24.1 Å². The van der Waals surface area contributed by atoms with Crippen LogP contribution < -0.4 is 0 Å². The number of carbonyl (C=O) groups excluding carboxylic acids is 2. The molecule has 0 bridgehead atoms. The quantitative estimate of drug-likeness (QED) is 0.469. The SMILES string of the molecule is O=CO[C@@H](C(=O)O)[C@@H](OC=O)C(=O)O. The van der Waals surface area contributed by atoms with Crippen molar-refractivity contribution in [3.05, 3.63) is 0 Å². The van der Waals surface area contributed by atoms with Crippen molar-refractivity contribution >= 4 is 24.9 Å². The molecular formula is C6H6O8. The molecule has 2 atom stereocenters. The highest BCUT2D eigenvalue weighted by Crippen LogP contribution is 2.03. The lowest BCUT2D eigenvalue weighted by Crippen LogP contribution is -2.43. The first-order valence-corrected chi connectivity index (χ1v) is 3.18. The summed E-state index contributed by atoms with van der Waals surface area (Å²) in [6.45, 7) is -0.494. The van der Waals surface area contributed by atoms with Crippen LogP contribution in [0.1, 0.15) is 0 Å². The Bertz CT molecular complexity index is 220. The maximum absolute atomic E-state index is 10.4. The molecule has 8 heteroatoms. The zero-order valence-electron chi connectivity index (χ0n) is 6.65. The molecular weight excluding hydrogens is 200 g/mol. The molecule has 2 N–H and O–H groups in total. The molecule has 0 rings (SSSR count). The summed E-state index contributed by atoms with van der Waals surface area (Å²) >= 11 is 0. The van der Waals surface area contributed by atoms with Gasteiger partial charge in [0, 0.05) is 0 Å². The minimum atomic E-state index is -2.06. The number of hydrogen-bond donors (Lipinski definition) is 2. The van der Waals surface area contributed by atoms with Gasteiger partial charge < -0.3 is 19.7 Å². The smallest absolute Gasteiger partial charge is 0.349 e. The van der Waals surface area contributed by atoms with E-state index in [1.165, 1.54) is 0 Å². The number of aliphatic carboxylic acids is 2. The van der Waals surface area contributed by atoms with E-state index in [0.29, 0.717) is 0 Å². The Kier molecular flexibility index (Phi) is 4.68. The topological polar surface area (TPSA) is 127 Å². The first-order chi connectivity index (χ1) is 6.54. The molecule has 0 saturated carbocycles. The van der Waals surface area contributed by atoms with E-state index in [1.807, 2.05) is 0 Å². The number of carboxylic acid groups (broad SMARTS) is 2. The number of rotatable bonds is 7. The summed E-state index contributed by atoms with van der Waals surface area (Å²) in [6, 6.07) is 0. The predicted octanol–water partition coefficient (Wildman–Crippen LogP) is -1.76. The third-order valence-electron chi connectivity index (χ3n) is 1.17. The second kappa shape index (κ2) is 5.51.